The molecule has 1 aromatic rings. The Hall–Kier alpha value is -1.63. The summed E-state index contributed by atoms with van der Waals surface area (Å²) in [7, 11) is 0. The third-order valence-electron chi connectivity index (χ3n) is 2.15. The maximum atomic E-state index is 11.6. The molecule has 0 radical (unpaired) electrons. The summed E-state index contributed by atoms with van der Waals surface area (Å²) in [6.07, 6.45) is 0.389. The number of carbonyl (C=O) groups is 2. The number of nitrogens with one attached hydrogen (secondary N) is 2. The molecule has 0 spiro atoms. The van der Waals surface area contributed by atoms with Gasteiger partial charge in [-0.2, -0.15) is 0 Å². The van der Waals surface area contributed by atoms with Gasteiger partial charge in [-0.1, -0.05) is 13.8 Å². The van der Waals surface area contributed by atoms with Crippen LogP contribution in [0.3, 0.4) is 0 Å². The van der Waals surface area contributed by atoms with Gasteiger partial charge in [-0.15, -0.1) is 11.3 Å². The zero-order chi connectivity index (χ0) is 13.7. The van der Waals surface area contributed by atoms with Crippen LogP contribution in [0.5, 0.6) is 0 Å². The van der Waals surface area contributed by atoms with Gasteiger partial charge in [0, 0.05) is 5.38 Å². The van der Waals surface area contributed by atoms with E-state index in [0.29, 0.717) is 11.6 Å². The summed E-state index contributed by atoms with van der Waals surface area (Å²) < 4.78 is 0. The molecular formula is C11H17N3O3S. The fourth-order valence-corrected chi connectivity index (χ4v) is 2.08. The number of amides is 2. The first-order valence-corrected chi connectivity index (χ1v) is 6.49. The highest BCUT2D eigenvalue weighted by Crippen LogP contribution is 2.14. The molecule has 100 valence electrons. The first-order valence-electron chi connectivity index (χ1n) is 5.61. The summed E-state index contributed by atoms with van der Waals surface area (Å²) in [5.41, 5.74) is 0.812. The Labute approximate surface area is 109 Å². The number of hydrogen-bond acceptors (Lipinski definition) is 4. The SMILES string of the molecule is Cc1csc(NC(=O)NC(CC(C)C)C(=O)O)n1. The number of hydrogen-bond donors (Lipinski definition) is 3. The van der Waals surface area contributed by atoms with E-state index in [4.69, 9.17) is 5.11 Å². The van der Waals surface area contributed by atoms with E-state index in [9.17, 15) is 9.59 Å². The summed E-state index contributed by atoms with van der Waals surface area (Å²) in [6.45, 7) is 5.62. The van der Waals surface area contributed by atoms with Gasteiger partial charge in [0.15, 0.2) is 5.13 Å². The van der Waals surface area contributed by atoms with Crippen LogP contribution in [0.1, 0.15) is 26.0 Å². The second kappa shape index (κ2) is 6.34. The molecule has 3 N–H and O–H groups in total. The standard InChI is InChI=1S/C11H17N3O3S/c1-6(2)4-8(9(15)16)13-10(17)14-11-12-7(3)5-18-11/h5-6,8H,4H2,1-3H3,(H,15,16)(H2,12,13,14,17). The molecule has 1 atom stereocenters. The number of carboxylic acid groups (broad SMARTS) is 1. The number of nitrogens with zero attached hydrogens (tertiary/aromatic N) is 1. The molecule has 0 aliphatic carbocycles. The Balaban J connectivity index is 2.53. The van der Waals surface area contributed by atoms with Crippen molar-refractivity contribution >= 4 is 28.5 Å². The van der Waals surface area contributed by atoms with E-state index < -0.39 is 18.0 Å². The average Bonchev–Trinajstić information content (AvgIpc) is 2.62. The van der Waals surface area contributed by atoms with Crippen LogP contribution in [0, 0.1) is 12.8 Å². The minimum Gasteiger partial charge on any atom is -0.480 e. The quantitative estimate of drug-likeness (QED) is 0.764. The van der Waals surface area contributed by atoms with Crippen LogP contribution >= 0.6 is 11.3 Å². The van der Waals surface area contributed by atoms with Gasteiger partial charge in [0.05, 0.1) is 5.69 Å². The van der Waals surface area contributed by atoms with E-state index in [1.165, 1.54) is 11.3 Å². The van der Waals surface area contributed by atoms with Gasteiger partial charge >= 0.3 is 12.0 Å². The van der Waals surface area contributed by atoms with Crippen LogP contribution in [-0.4, -0.2) is 28.1 Å². The molecule has 0 aliphatic heterocycles. The Morgan fingerprint density at radius 1 is 1.50 bits per heavy atom. The molecule has 0 aliphatic rings. The number of urea groups is 1. The molecule has 7 heteroatoms. The fraction of sp³-hybridized carbons (Fsp3) is 0.545. The third kappa shape index (κ3) is 4.70. The number of rotatable bonds is 5. The predicted molar refractivity (Wildman–Crippen MR) is 69.9 cm³/mol. The number of anilines is 1. The van der Waals surface area contributed by atoms with Crippen molar-refractivity contribution in [2.75, 3.05) is 5.32 Å². The number of aryl methyl sites for hydroxylation is 1. The van der Waals surface area contributed by atoms with Gasteiger partial charge in [-0.05, 0) is 19.3 Å². The monoisotopic (exact) mass is 271 g/mol. The minimum absolute atomic E-state index is 0.188. The van der Waals surface area contributed by atoms with Gasteiger partial charge < -0.3 is 10.4 Å². The smallest absolute Gasteiger partial charge is 0.326 e. The van der Waals surface area contributed by atoms with Crippen molar-refractivity contribution < 1.29 is 14.7 Å². The van der Waals surface area contributed by atoms with Crippen molar-refractivity contribution in [1.29, 1.82) is 0 Å². The minimum atomic E-state index is -1.03. The molecule has 2 amide bonds. The predicted octanol–water partition coefficient (Wildman–Crippen LogP) is 2.07. The lowest BCUT2D eigenvalue weighted by atomic mass is 10.0. The lowest BCUT2D eigenvalue weighted by molar-refractivity contribution is -0.139. The van der Waals surface area contributed by atoms with Gasteiger partial charge in [-0.25, -0.2) is 14.6 Å². The van der Waals surface area contributed by atoms with Crippen molar-refractivity contribution in [3.63, 3.8) is 0 Å². The maximum Gasteiger partial charge on any atom is 0.326 e. The lowest BCUT2D eigenvalue weighted by Crippen LogP contribution is -2.43. The van der Waals surface area contributed by atoms with E-state index in [-0.39, 0.29) is 5.92 Å². The average molecular weight is 271 g/mol. The van der Waals surface area contributed by atoms with Crippen LogP contribution in [0.15, 0.2) is 5.38 Å². The third-order valence-corrected chi connectivity index (χ3v) is 3.03. The molecule has 1 rings (SSSR count). The van der Waals surface area contributed by atoms with E-state index in [0.717, 1.165) is 5.69 Å². The van der Waals surface area contributed by atoms with E-state index in [2.05, 4.69) is 15.6 Å². The zero-order valence-corrected chi connectivity index (χ0v) is 11.4. The summed E-state index contributed by atoms with van der Waals surface area (Å²) in [5.74, 6) is -0.845. The first-order chi connectivity index (χ1) is 8.38. The molecule has 1 unspecified atom stereocenters. The fourth-order valence-electron chi connectivity index (χ4n) is 1.40. The number of aliphatic carboxylic acids is 1. The number of carbonyl (C=O) groups excluding carboxylic acids is 1. The summed E-state index contributed by atoms with van der Waals surface area (Å²) in [4.78, 5) is 26.6. The zero-order valence-electron chi connectivity index (χ0n) is 10.6. The van der Waals surface area contributed by atoms with Crippen molar-refractivity contribution in [3.8, 4) is 0 Å². The van der Waals surface area contributed by atoms with Crippen LogP contribution < -0.4 is 10.6 Å². The van der Waals surface area contributed by atoms with Crippen molar-refractivity contribution in [3.05, 3.63) is 11.1 Å². The molecule has 1 heterocycles. The number of thiazole rings is 1. The van der Waals surface area contributed by atoms with Crippen LogP contribution in [0.25, 0.3) is 0 Å². The molecule has 0 bridgehead atoms. The Morgan fingerprint density at radius 3 is 2.61 bits per heavy atom. The molecule has 1 aromatic heterocycles. The van der Waals surface area contributed by atoms with Crippen molar-refractivity contribution in [1.82, 2.24) is 10.3 Å². The van der Waals surface area contributed by atoms with Gasteiger partial charge in [0.25, 0.3) is 0 Å². The molecule has 18 heavy (non-hydrogen) atoms. The molecule has 0 fully saturated rings. The number of aromatic nitrogens is 1. The largest absolute Gasteiger partial charge is 0.480 e. The first kappa shape index (κ1) is 14.4. The highest BCUT2D eigenvalue weighted by Gasteiger charge is 2.21. The Bertz CT molecular complexity index is 431. The molecule has 0 aromatic carbocycles. The van der Waals surface area contributed by atoms with Gasteiger partial charge in [-0.3, -0.25) is 5.32 Å². The van der Waals surface area contributed by atoms with Gasteiger partial charge in [0.2, 0.25) is 0 Å². The van der Waals surface area contributed by atoms with Crippen molar-refractivity contribution in [2.24, 2.45) is 5.92 Å². The topological polar surface area (TPSA) is 91.3 Å². The van der Waals surface area contributed by atoms with Crippen LogP contribution in [0.4, 0.5) is 9.93 Å². The second-order valence-electron chi connectivity index (χ2n) is 4.41. The van der Waals surface area contributed by atoms with Gasteiger partial charge in [0.1, 0.15) is 6.04 Å². The summed E-state index contributed by atoms with van der Waals surface area (Å²) in [5, 5.41) is 16.2. The second-order valence-corrected chi connectivity index (χ2v) is 5.27. The van der Waals surface area contributed by atoms with E-state index >= 15 is 0 Å². The number of carboxylic acids is 1. The molecular weight excluding hydrogens is 254 g/mol. The highest BCUT2D eigenvalue weighted by atomic mass is 32.1. The van der Waals surface area contributed by atoms with Crippen molar-refractivity contribution in [2.45, 2.75) is 33.2 Å². The van der Waals surface area contributed by atoms with Crippen LogP contribution in [-0.2, 0) is 4.79 Å². The summed E-state index contributed by atoms with van der Waals surface area (Å²) >= 11 is 1.30. The van der Waals surface area contributed by atoms with Crippen LogP contribution in [0.2, 0.25) is 0 Å². The van der Waals surface area contributed by atoms with E-state index in [1.807, 2.05) is 20.8 Å². The molecule has 6 nitrogen and oxygen atoms in total. The normalized spacial score (nSPS) is 12.2. The van der Waals surface area contributed by atoms with E-state index in [1.54, 1.807) is 5.38 Å². The maximum absolute atomic E-state index is 11.6. The Morgan fingerprint density at radius 2 is 2.17 bits per heavy atom. The lowest BCUT2D eigenvalue weighted by Gasteiger charge is -2.16. The molecule has 0 saturated carbocycles. The summed E-state index contributed by atoms with van der Waals surface area (Å²) in [6, 6.07) is -1.43. The Kier molecular flexibility index (Phi) is 5.08. The highest BCUT2D eigenvalue weighted by molar-refractivity contribution is 7.13. The molecule has 0 saturated heterocycles.